The van der Waals surface area contributed by atoms with Crippen molar-refractivity contribution in [2.75, 3.05) is 33.0 Å². The number of nitrogens with one attached hydrogen (secondary N) is 1. The molecule has 15 unspecified atom stereocenters. The molecule has 25 atom stereocenters. The van der Waals surface area contributed by atoms with E-state index in [9.17, 15) is 76.3 Å². The Hall–Kier alpha value is -1.75. The monoisotopic (exact) mass is 893 g/mol. The summed E-state index contributed by atoms with van der Waals surface area (Å²) in [5.41, 5.74) is 0. The quantitative estimate of drug-likeness (QED) is 0.0640. The van der Waals surface area contributed by atoms with Gasteiger partial charge in [-0.05, 0) is 6.92 Å². The van der Waals surface area contributed by atoms with Crippen molar-refractivity contribution < 1.29 is 124 Å². The largest absolute Gasteiger partial charge is 0.394 e. The molecule has 1 amide bonds. The summed E-state index contributed by atoms with van der Waals surface area (Å²) < 4.78 is 57.0. The van der Waals surface area contributed by atoms with Crippen molar-refractivity contribution in [1.29, 1.82) is 0 Å². The van der Waals surface area contributed by atoms with Crippen LogP contribution in [-0.2, 0) is 52.2 Å². The van der Waals surface area contributed by atoms with Crippen LogP contribution in [0.4, 0.5) is 0 Å². The van der Waals surface area contributed by atoms with Crippen LogP contribution in [0.15, 0.2) is 12.7 Å². The minimum atomic E-state index is -2.09. The number of carbonyl (C=O) groups is 1. The Kier molecular flexibility index (Phi) is 18.1. The van der Waals surface area contributed by atoms with Crippen LogP contribution in [0.1, 0.15) is 13.8 Å². The fourth-order valence-electron chi connectivity index (χ4n) is 7.64. The second kappa shape index (κ2) is 22.0. The molecule has 0 aromatic carbocycles. The smallest absolute Gasteiger partial charge is 0.217 e. The maximum Gasteiger partial charge on any atom is 0.217 e. The van der Waals surface area contributed by atoms with Crippen molar-refractivity contribution in [3.05, 3.63) is 12.7 Å². The summed E-state index contributed by atoms with van der Waals surface area (Å²) in [6.07, 6.45) is -41.1. The third-order valence-corrected chi connectivity index (χ3v) is 11.0. The van der Waals surface area contributed by atoms with Crippen LogP contribution >= 0.6 is 0 Å². The van der Waals surface area contributed by atoms with E-state index in [1.54, 1.807) is 0 Å². The van der Waals surface area contributed by atoms with Crippen molar-refractivity contribution in [3.8, 4) is 0 Å². The molecule has 0 spiro atoms. The summed E-state index contributed by atoms with van der Waals surface area (Å²) in [6.45, 7) is 2.14. The van der Waals surface area contributed by atoms with E-state index in [2.05, 4.69) is 11.9 Å². The first kappa shape index (κ1) is 50.3. The number of aliphatic hydroxyl groups excluding tert-OH is 14. The Bertz CT molecular complexity index is 1390. The molecule has 0 saturated carbocycles. The second-order valence-corrected chi connectivity index (χ2v) is 15.3. The molecular formula is C35H59NO25. The highest BCUT2D eigenvalue weighted by atomic mass is 16.8. The van der Waals surface area contributed by atoms with Gasteiger partial charge in [-0.25, -0.2) is 0 Å². The SMILES string of the molecule is C=CCO[C@@H]1OC(CO)[C@H](O[C@H]2OC(CO)[C@H](O)C(O[C@@H]3OC(CO)[C@H](O)C(O[C@@H]4OC(CO)[C@H](O)C(O)C4O[C@@H]4OC(C)[C@@H](O)C(O)C4O)C3NC(C)=O)C2O)C(O)C1O. The first-order valence-corrected chi connectivity index (χ1v) is 19.6. The predicted octanol–water partition coefficient (Wildman–Crippen LogP) is -9.54. The number of ether oxygens (including phenoxy) is 10. The molecule has 0 aromatic rings. The van der Waals surface area contributed by atoms with Gasteiger partial charge in [0.1, 0.15) is 116 Å². The molecule has 15 N–H and O–H groups in total. The van der Waals surface area contributed by atoms with E-state index in [1.165, 1.54) is 13.0 Å². The van der Waals surface area contributed by atoms with Crippen molar-refractivity contribution in [2.45, 2.75) is 167 Å². The minimum Gasteiger partial charge on any atom is -0.394 e. The summed E-state index contributed by atoms with van der Waals surface area (Å²) >= 11 is 0. The average Bonchev–Trinajstić information content (AvgIpc) is 3.23. The Morgan fingerprint density at radius 1 is 0.508 bits per heavy atom. The molecule has 5 aliphatic rings. The minimum absolute atomic E-state index is 0.105. The fraction of sp³-hybridized carbons (Fsp3) is 0.914. The Balaban J connectivity index is 1.42. The van der Waals surface area contributed by atoms with Gasteiger partial charge < -0.3 is 124 Å². The molecule has 0 aliphatic carbocycles. The first-order chi connectivity index (χ1) is 28.9. The fourth-order valence-corrected chi connectivity index (χ4v) is 7.64. The van der Waals surface area contributed by atoms with Gasteiger partial charge in [0.05, 0.1) is 39.1 Å². The van der Waals surface area contributed by atoms with Gasteiger partial charge >= 0.3 is 0 Å². The molecular weight excluding hydrogens is 834 g/mol. The highest BCUT2D eigenvalue weighted by Crippen LogP contribution is 2.36. The van der Waals surface area contributed by atoms with Crippen LogP contribution in [0, 0.1) is 0 Å². The predicted molar refractivity (Wildman–Crippen MR) is 191 cm³/mol. The van der Waals surface area contributed by atoms with Gasteiger partial charge in [0.25, 0.3) is 0 Å². The lowest BCUT2D eigenvalue weighted by atomic mass is 9.94. The zero-order valence-electron chi connectivity index (χ0n) is 33.0. The standard InChI is InChI=1S/C35H59NO25/c1-4-5-52-32-25(50)23(48)27(15(9-40)57-32)58-34-26(51)29(20(45)14(8-39)55-34)60-31-16(36-11(3)41)28(19(44)13(7-38)54-31)59-35-30(22(47)18(43)12(6-37)56-35)61-33-24(49)21(46)17(42)10(2)53-33/h4,10,12-35,37-40,42-51H,1,5-9H2,2-3H3,(H,36,41)/t10?,12?,13?,14?,15?,16?,17-,18+,19+,20+,21?,22?,23?,24?,25?,26?,27+,28?,29?,30?,31+,32-,33+,34-,35+/m1/s1. The molecule has 0 radical (unpaired) electrons. The average molecular weight is 894 g/mol. The van der Waals surface area contributed by atoms with Crippen molar-refractivity contribution in [3.63, 3.8) is 0 Å². The van der Waals surface area contributed by atoms with Gasteiger partial charge in [-0.2, -0.15) is 0 Å². The van der Waals surface area contributed by atoms with Crippen LogP contribution in [0.2, 0.25) is 0 Å². The highest BCUT2D eigenvalue weighted by molar-refractivity contribution is 5.73. The first-order valence-electron chi connectivity index (χ1n) is 19.6. The Labute approximate surface area is 347 Å². The van der Waals surface area contributed by atoms with Crippen LogP contribution in [0.25, 0.3) is 0 Å². The lowest BCUT2D eigenvalue weighted by Gasteiger charge is -2.50. The molecule has 26 heteroatoms. The zero-order chi connectivity index (χ0) is 45.0. The molecule has 61 heavy (non-hydrogen) atoms. The third-order valence-electron chi connectivity index (χ3n) is 11.0. The summed E-state index contributed by atoms with van der Waals surface area (Å²) in [7, 11) is 0. The Morgan fingerprint density at radius 2 is 0.967 bits per heavy atom. The number of hydrogen-bond acceptors (Lipinski definition) is 25. The summed E-state index contributed by atoms with van der Waals surface area (Å²) in [6, 6.07) is -1.71. The molecule has 5 saturated heterocycles. The molecule has 26 nitrogen and oxygen atoms in total. The number of amides is 1. The van der Waals surface area contributed by atoms with Crippen molar-refractivity contribution in [1.82, 2.24) is 5.32 Å². The lowest BCUT2D eigenvalue weighted by molar-refractivity contribution is -0.390. The van der Waals surface area contributed by atoms with E-state index in [0.29, 0.717) is 0 Å². The molecule has 5 fully saturated rings. The van der Waals surface area contributed by atoms with Gasteiger partial charge in [-0.15, -0.1) is 6.58 Å². The van der Waals surface area contributed by atoms with E-state index in [1.807, 2.05) is 0 Å². The van der Waals surface area contributed by atoms with Crippen LogP contribution in [0.3, 0.4) is 0 Å². The zero-order valence-corrected chi connectivity index (χ0v) is 33.0. The number of rotatable bonds is 16. The highest BCUT2D eigenvalue weighted by Gasteiger charge is 2.57. The number of aliphatic hydroxyl groups is 14. The van der Waals surface area contributed by atoms with Crippen LogP contribution in [0.5, 0.6) is 0 Å². The summed E-state index contributed by atoms with van der Waals surface area (Å²) in [4.78, 5) is 12.7. The van der Waals surface area contributed by atoms with E-state index in [4.69, 9.17) is 47.4 Å². The molecule has 5 aliphatic heterocycles. The summed E-state index contributed by atoms with van der Waals surface area (Å²) in [5, 5.41) is 152. The van der Waals surface area contributed by atoms with E-state index < -0.39 is 186 Å². The van der Waals surface area contributed by atoms with Crippen LogP contribution < -0.4 is 5.32 Å². The second-order valence-electron chi connectivity index (χ2n) is 15.3. The van der Waals surface area contributed by atoms with Gasteiger partial charge in [0, 0.05) is 6.92 Å². The molecule has 0 bridgehead atoms. The molecule has 0 aromatic heterocycles. The van der Waals surface area contributed by atoms with Gasteiger partial charge in [-0.3, -0.25) is 4.79 Å². The molecule has 5 rings (SSSR count). The van der Waals surface area contributed by atoms with E-state index in [0.717, 1.165) is 6.92 Å². The number of carbonyl (C=O) groups excluding carboxylic acids is 1. The number of hydrogen-bond donors (Lipinski definition) is 15. The van der Waals surface area contributed by atoms with Crippen LogP contribution in [-0.4, -0.2) is 264 Å². The normalized spacial score (nSPS) is 49.6. The maximum atomic E-state index is 12.7. The van der Waals surface area contributed by atoms with E-state index >= 15 is 0 Å². The lowest BCUT2D eigenvalue weighted by Crippen LogP contribution is -2.70. The Morgan fingerprint density at radius 3 is 1.56 bits per heavy atom. The van der Waals surface area contributed by atoms with Crippen molar-refractivity contribution >= 4 is 5.91 Å². The topological polar surface area (TPSA) is 405 Å². The summed E-state index contributed by atoms with van der Waals surface area (Å²) in [5.74, 6) is -0.815. The van der Waals surface area contributed by atoms with Gasteiger partial charge in [-0.1, -0.05) is 6.08 Å². The maximum absolute atomic E-state index is 12.7. The third kappa shape index (κ3) is 10.9. The van der Waals surface area contributed by atoms with Gasteiger partial charge in [0.2, 0.25) is 5.91 Å². The van der Waals surface area contributed by atoms with E-state index in [-0.39, 0.29) is 6.61 Å². The van der Waals surface area contributed by atoms with Gasteiger partial charge in [0.15, 0.2) is 31.5 Å². The molecule has 354 valence electrons. The van der Waals surface area contributed by atoms with Crippen molar-refractivity contribution in [2.24, 2.45) is 0 Å². The molecule has 5 heterocycles.